The SMILES string of the molecule is CC12CCC(C(Cl)C1=O)C2(C)C(Cl)Br. The van der Waals surface area contributed by atoms with Crippen LogP contribution >= 0.6 is 39.1 Å². The van der Waals surface area contributed by atoms with Gasteiger partial charge in [-0.1, -0.05) is 29.8 Å². The minimum Gasteiger partial charge on any atom is -0.297 e. The quantitative estimate of drug-likeness (QED) is 0.677. The molecule has 0 aromatic rings. The Kier molecular flexibility index (Phi) is 2.50. The molecule has 0 radical (unpaired) electrons. The van der Waals surface area contributed by atoms with Crippen LogP contribution < -0.4 is 0 Å². The average Bonchev–Trinajstić information content (AvgIpc) is 2.45. The van der Waals surface area contributed by atoms with Crippen LogP contribution in [0.3, 0.4) is 0 Å². The standard InChI is InChI=1S/C10H13BrCl2O/c1-9-4-3-5(6(12)7(9)14)10(9,2)8(11)13/h5-6,8H,3-4H2,1-2H3. The number of Topliss-reactive ketones (excluding diaryl/α,β-unsaturated/α-hetero) is 1. The molecule has 5 unspecified atom stereocenters. The van der Waals surface area contributed by atoms with Crippen molar-refractivity contribution in [3.8, 4) is 0 Å². The van der Waals surface area contributed by atoms with Gasteiger partial charge in [0.05, 0.1) is 9.66 Å². The highest BCUT2D eigenvalue weighted by Gasteiger charge is 2.69. The molecule has 0 spiro atoms. The highest BCUT2D eigenvalue weighted by molar-refractivity contribution is 9.10. The number of alkyl halides is 3. The third kappa shape index (κ3) is 1.01. The van der Waals surface area contributed by atoms with Crippen LogP contribution in [0, 0.1) is 16.7 Å². The van der Waals surface area contributed by atoms with E-state index < -0.39 is 0 Å². The third-order valence-corrected chi connectivity index (χ3v) is 6.42. The molecular formula is C10H13BrCl2O. The molecule has 2 rings (SSSR count). The molecule has 80 valence electrons. The Hall–Kier alpha value is 0.730. The summed E-state index contributed by atoms with van der Waals surface area (Å²) in [6, 6.07) is 0. The van der Waals surface area contributed by atoms with E-state index in [4.69, 9.17) is 23.2 Å². The van der Waals surface area contributed by atoms with E-state index in [1.807, 2.05) is 6.92 Å². The molecule has 2 saturated carbocycles. The maximum atomic E-state index is 12.0. The lowest BCUT2D eigenvalue weighted by atomic mass is 9.70. The first-order valence-corrected chi connectivity index (χ1v) is 6.61. The maximum absolute atomic E-state index is 12.0. The second-order valence-corrected chi connectivity index (χ2v) is 7.18. The molecule has 2 fully saturated rings. The Balaban J connectivity index is 2.51. The molecule has 2 aliphatic carbocycles. The van der Waals surface area contributed by atoms with Crippen molar-refractivity contribution in [2.24, 2.45) is 16.7 Å². The van der Waals surface area contributed by atoms with Gasteiger partial charge in [0.25, 0.3) is 0 Å². The summed E-state index contributed by atoms with van der Waals surface area (Å²) in [6.07, 6.45) is 1.94. The topological polar surface area (TPSA) is 17.1 Å². The van der Waals surface area contributed by atoms with Gasteiger partial charge in [-0.25, -0.2) is 0 Å². The zero-order chi connectivity index (χ0) is 10.7. The second kappa shape index (κ2) is 3.11. The van der Waals surface area contributed by atoms with Gasteiger partial charge in [0, 0.05) is 10.8 Å². The lowest BCUT2D eigenvalue weighted by Gasteiger charge is -2.37. The summed E-state index contributed by atoms with van der Waals surface area (Å²) in [5, 5.41) is -0.336. The third-order valence-electron chi connectivity index (χ3n) is 4.52. The molecular weight excluding hydrogens is 287 g/mol. The minimum absolute atomic E-state index is 0.180. The molecule has 5 atom stereocenters. The van der Waals surface area contributed by atoms with Crippen LogP contribution in [-0.4, -0.2) is 15.4 Å². The zero-order valence-corrected chi connectivity index (χ0v) is 11.3. The van der Waals surface area contributed by atoms with Crippen molar-refractivity contribution in [1.82, 2.24) is 0 Å². The van der Waals surface area contributed by atoms with E-state index in [9.17, 15) is 4.79 Å². The first-order chi connectivity index (χ1) is 6.35. The van der Waals surface area contributed by atoms with Gasteiger partial charge < -0.3 is 0 Å². The molecule has 0 aliphatic heterocycles. The molecule has 0 saturated heterocycles. The van der Waals surface area contributed by atoms with Gasteiger partial charge in [0.1, 0.15) is 0 Å². The van der Waals surface area contributed by atoms with Crippen molar-refractivity contribution in [2.45, 2.75) is 36.4 Å². The van der Waals surface area contributed by atoms with Crippen molar-refractivity contribution >= 4 is 44.9 Å². The van der Waals surface area contributed by atoms with Crippen LogP contribution in [-0.2, 0) is 4.79 Å². The van der Waals surface area contributed by atoms with Crippen LogP contribution in [0.5, 0.6) is 0 Å². The summed E-state index contributed by atoms with van der Waals surface area (Å²) in [4.78, 5) is 12.0. The van der Waals surface area contributed by atoms with E-state index in [1.54, 1.807) is 0 Å². The molecule has 4 heteroatoms. The van der Waals surface area contributed by atoms with Gasteiger partial charge >= 0.3 is 0 Å². The lowest BCUT2D eigenvalue weighted by molar-refractivity contribution is -0.128. The van der Waals surface area contributed by atoms with E-state index in [0.29, 0.717) is 0 Å². The van der Waals surface area contributed by atoms with E-state index in [1.165, 1.54) is 0 Å². The minimum atomic E-state index is -0.336. The van der Waals surface area contributed by atoms with Crippen LogP contribution in [0.4, 0.5) is 0 Å². The lowest BCUT2D eigenvalue weighted by Crippen LogP contribution is -2.39. The van der Waals surface area contributed by atoms with Gasteiger partial charge in [0.15, 0.2) is 5.78 Å². The molecule has 2 bridgehead atoms. The number of carbonyl (C=O) groups excluding carboxylic acids is 1. The zero-order valence-electron chi connectivity index (χ0n) is 8.19. The fourth-order valence-corrected chi connectivity index (χ4v) is 5.03. The highest BCUT2D eigenvalue weighted by Crippen LogP contribution is 2.68. The number of carbonyl (C=O) groups is 1. The summed E-state index contributed by atoms with van der Waals surface area (Å²) in [7, 11) is 0. The normalized spacial score (nSPS) is 53.9. The molecule has 0 heterocycles. The fourth-order valence-electron chi connectivity index (χ4n) is 3.15. The first-order valence-electron chi connectivity index (χ1n) is 4.82. The molecule has 1 nitrogen and oxygen atoms in total. The summed E-state index contributed by atoms with van der Waals surface area (Å²) in [6.45, 7) is 4.09. The van der Waals surface area contributed by atoms with Crippen molar-refractivity contribution in [3.05, 3.63) is 0 Å². The highest BCUT2D eigenvalue weighted by atomic mass is 79.9. The van der Waals surface area contributed by atoms with E-state index in [0.717, 1.165) is 12.8 Å². The predicted molar refractivity (Wildman–Crippen MR) is 62.2 cm³/mol. The number of hydrogen-bond acceptors (Lipinski definition) is 1. The van der Waals surface area contributed by atoms with Crippen molar-refractivity contribution in [1.29, 1.82) is 0 Å². The van der Waals surface area contributed by atoms with E-state index in [2.05, 4.69) is 22.9 Å². The molecule has 0 aromatic carbocycles. The fraction of sp³-hybridized carbons (Fsp3) is 0.900. The van der Waals surface area contributed by atoms with Crippen molar-refractivity contribution < 1.29 is 4.79 Å². The molecule has 0 aromatic heterocycles. The first kappa shape index (κ1) is 11.2. The number of ketones is 1. The van der Waals surface area contributed by atoms with E-state index in [-0.39, 0.29) is 32.2 Å². The monoisotopic (exact) mass is 298 g/mol. The smallest absolute Gasteiger partial charge is 0.157 e. The van der Waals surface area contributed by atoms with Gasteiger partial charge in [-0.15, -0.1) is 23.2 Å². The number of rotatable bonds is 1. The summed E-state index contributed by atoms with van der Waals surface area (Å²) < 4.78 is -0.180. The molecule has 2 aliphatic rings. The van der Waals surface area contributed by atoms with E-state index >= 15 is 0 Å². The van der Waals surface area contributed by atoms with Crippen LogP contribution in [0.25, 0.3) is 0 Å². The Morgan fingerprint density at radius 1 is 1.57 bits per heavy atom. The summed E-state index contributed by atoms with van der Waals surface area (Å²) >= 11 is 15.8. The number of hydrogen-bond donors (Lipinski definition) is 0. The Labute approximate surface area is 103 Å². The van der Waals surface area contributed by atoms with Crippen LogP contribution in [0.2, 0.25) is 0 Å². The second-order valence-electron chi connectivity index (χ2n) is 4.83. The molecule has 14 heavy (non-hydrogen) atoms. The van der Waals surface area contributed by atoms with Crippen LogP contribution in [0.1, 0.15) is 26.7 Å². The number of fused-ring (bicyclic) bond motifs is 2. The Bertz CT molecular complexity index is 294. The predicted octanol–water partition coefficient (Wildman–Crippen LogP) is 3.56. The van der Waals surface area contributed by atoms with Gasteiger partial charge in [-0.05, 0) is 18.8 Å². The molecule has 0 amide bonds. The van der Waals surface area contributed by atoms with Crippen LogP contribution in [0.15, 0.2) is 0 Å². The summed E-state index contributed by atoms with van der Waals surface area (Å²) in [5.41, 5.74) is -0.530. The van der Waals surface area contributed by atoms with Crippen molar-refractivity contribution in [2.75, 3.05) is 0 Å². The van der Waals surface area contributed by atoms with Crippen molar-refractivity contribution in [3.63, 3.8) is 0 Å². The van der Waals surface area contributed by atoms with Gasteiger partial charge in [-0.3, -0.25) is 4.79 Å². The van der Waals surface area contributed by atoms with Gasteiger partial charge in [-0.2, -0.15) is 0 Å². The number of halogens is 3. The average molecular weight is 300 g/mol. The van der Waals surface area contributed by atoms with Gasteiger partial charge in [0.2, 0.25) is 0 Å². The summed E-state index contributed by atoms with van der Waals surface area (Å²) in [5.74, 6) is 0.409. The largest absolute Gasteiger partial charge is 0.297 e. The Morgan fingerprint density at radius 2 is 2.14 bits per heavy atom. The Morgan fingerprint density at radius 3 is 2.43 bits per heavy atom. The maximum Gasteiger partial charge on any atom is 0.157 e. The molecule has 0 N–H and O–H groups in total.